The Kier molecular flexibility index (Phi) is 6.60. The van der Waals surface area contributed by atoms with E-state index in [1.807, 2.05) is 49.4 Å². The van der Waals surface area contributed by atoms with Gasteiger partial charge >= 0.3 is 5.97 Å². The highest BCUT2D eigenvalue weighted by molar-refractivity contribution is 5.97. The van der Waals surface area contributed by atoms with E-state index < -0.39 is 0 Å². The fourth-order valence-corrected chi connectivity index (χ4v) is 3.45. The minimum absolute atomic E-state index is 0.160. The summed E-state index contributed by atoms with van der Waals surface area (Å²) in [6, 6.07) is 15.3. The van der Waals surface area contributed by atoms with Crippen LogP contribution in [0.2, 0.25) is 0 Å². The topological polar surface area (TPSA) is 72.0 Å². The van der Waals surface area contributed by atoms with Crippen molar-refractivity contribution in [3.8, 4) is 11.1 Å². The molecule has 0 aliphatic rings. The molecule has 5 nitrogen and oxygen atoms in total. The van der Waals surface area contributed by atoms with Gasteiger partial charge in [-0.1, -0.05) is 55.8 Å². The van der Waals surface area contributed by atoms with Crippen molar-refractivity contribution in [3.05, 3.63) is 87.1 Å². The maximum atomic E-state index is 12.5. The summed E-state index contributed by atoms with van der Waals surface area (Å²) in [5.74, 6) is 0.294. The van der Waals surface area contributed by atoms with E-state index in [4.69, 9.17) is 4.74 Å². The second-order valence-corrected chi connectivity index (χ2v) is 7.10. The molecule has 1 aromatic heterocycles. The summed E-state index contributed by atoms with van der Waals surface area (Å²) < 4.78 is 4.89. The molecule has 1 N–H and O–H groups in total. The third-order valence-corrected chi connectivity index (χ3v) is 4.98. The molecule has 0 spiro atoms. The number of carbonyl (C=O) groups is 1. The van der Waals surface area contributed by atoms with Crippen LogP contribution in [0, 0.1) is 6.92 Å². The molecular weight excluding hydrogens is 364 g/mol. The van der Waals surface area contributed by atoms with Crippen LogP contribution in [0.25, 0.3) is 11.1 Å². The van der Waals surface area contributed by atoms with E-state index in [-0.39, 0.29) is 11.5 Å². The van der Waals surface area contributed by atoms with Gasteiger partial charge in [0.15, 0.2) is 0 Å². The number of aryl methyl sites for hydroxylation is 2. The van der Waals surface area contributed by atoms with Crippen LogP contribution in [-0.2, 0) is 17.6 Å². The number of aromatic amines is 1. The van der Waals surface area contributed by atoms with Crippen LogP contribution in [0.1, 0.15) is 52.8 Å². The number of ether oxygens (including phenoxy) is 1. The first-order valence-electron chi connectivity index (χ1n) is 9.88. The van der Waals surface area contributed by atoms with Gasteiger partial charge in [-0.15, -0.1) is 0 Å². The number of H-pyrrole nitrogens is 1. The lowest BCUT2D eigenvalue weighted by molar-refractivity contribution is 0.0601. The maximum absolute atomic E-state index is 12.5. The average molecular weight is 390 g/mol. The van der Waals surface area contributed by atoms with Gasteiger partial charge in [0.2, 0.25) is 0 Å². The lowest BCUT2D eigenvalue weighted by Gasteiger charge is -2.11. The molecule has 0 bridgehead atoms. The minimum Gasteiger partial charge on any atom is -0.465 e. The normalized spacial score (nSPS) is 10.7. The van der Waals surface area contributed by atoms with Gasteiger partial charge in [0.05, 0.1) is 12.7 Å². The van der Waals surface area contributed by atoms with Gasteiger partial charge in [0, 0.05) is 17.7 Å². The Balaban J connectivity index is 1.90. The number of esters is 1. The molecule has 150 valence electrons. The van der Waals surface area contributed by atoms with E-state index in [2.05, 4.69) is 16.9 Å². The first-order chi connectivity index (χ1) is 14.0. The summed E-state index contributed by atoms with van der Waals surface area (Å²) in [6.07, 6.45) is 3.46. The minimum atomic E-state index is -0.359. The van der Waals surface area contributed by atoms with Crippen molar-refractivity contribution in [2.75, 3.05) is 7.11 Å². The van der Waals surface area contributed by atoms with Crippen LogP contribution in [0.15, 0.2) is 53.3 Å². The zero-order valence-electron chi connectivity index (χ0n) is 17.1. The lowest BCUT2D eigenvalue weighted by atomic mass is 9.96. The van der Waals surface area contributed by atoms with E-state index in [1.165, 1.54) is 7.11 Å². The van der Waals surface area contributed by atoms with E-state index in [9.17, 15) is 9.59 Å². The van der Waals surface area contributed by atoms with Crippen LogP contribution in [0.3, 0.4) is 0 Å². The van der Waals surface area contributed by atoms with Gasteiger partial charge in [0.1, 0.15) is 5.82 Å². The smallest absolute Gasteiger partial charge is 0.338 e. The number of hydrogen-bond donors (Lipinski definition) is 1. The predicted molar refractivity (Wildman–Crippen MR) is 114 cm³/mol. The molecule has 5 heteroatoms. The number of nitrogens with zero attached hydrogens (tertiary/aromatic N) is 1. The Hall–Kier alpha value is -3.21. The Morgan fingerprint density at radius 3 is 2.52 bits per heavy atom. The summed E-state index contributed by atoms with van der Waals surface area (Å²) in [5, 5.41) is 0. The monoisotopic (exact) mass is 390 g/mol. The highest BCUT2D eigenvalue weighted by Crippen LogP contribution is 2.25. The number of carbonyl (C=O) groups excluding carboxylic acids is 1. The molecule has 0 aliphatic carbocycles. The van der Waals surface area contributed by atoms with E-state index in [0.717, 1.165) is 47.2 Å². The van der Waals surface area contributed by atoms with Crippen LogP contribution in [0.5, 0.6) is 0 Å². The highest BCUT2D eigenvalue weighted by Gasteiger charge is 2.14. The first-order valence-corrected chi connectivity index (χ1v) is 9.88. The van der Waals surface area contributed by atoms with Gasteiger partial charge in [0.25, 0.3) is 5.56 Å². The van der Waals surface area contributed by atoms with Crippen LogP contribution in [-0.4, -0.2) is 23.0 Å². The van der Waals surface area contributed by atoms with E-state index >= 15 is 0 Å². The summed E-state index contributed by atoms with van der Waals surface area (Å²) in [5.41, 5.74) is 4.85. The standard InChI is InChI=1S/C24H26N2O3/c1-4-5-10-22-21(23(27)26-16(2)25-22)15-17-11-13-18(14-12-17)19-8-6-7-9-20(19)24(28)29-3/h6-9,11-14H,4-5,10,15H2,1-3H3,(H,25,26,27). The van der Waals surface area contributed by atoms with Crippen molar-refractivity contribution in [1.82, 2.24) is 9.97 Å². The van der Waals surface area contributed by atoms with Crippen molar-refractivity contribution >= 4 is 5.97 Å². The second-order valence-electron chi connectivity index (χ2n) is 7.10. The van der Waals surface area contributed by atoms with Crippen LogP contribution < -0.4 is 5.56 Å². The van der Waals surface area contributed by atoms with Gasteiger partial charge in [-0.25, -0.2) is 4.79 Å². The van der Waals surface area contributed by atoms with Crippen LogP contribution >= 0.6 is 0 Å². The summed E-state index contributed by atoms with van der Waals surface area (Å²) in [7, 11) is 1.38. The van der Waals surface area contributed by atoms with Gasteiger partial charge in [-0.3, -0.25) is 4.79 Å². The highest BCUT2D eigenvalue weighted by atomic mass is 16.5. The molecule has 0 saturated heterocycles. The number of aromatic nitrogens is 2. The van der Waals surface area contributed by atoms with Crippen molar-refractivity contribution in [3.63, 3.8) is 0 Å². The van der Waals surface area contributed by atoms with Crippen molar-refractivity contribution < 1.29 is 9.53 Å². The quantitative estimate of drug-likeness (QED) is 0.604. The number of nitrogens with one attached hydrogen (secondary N) is 1. The van der Waals surface area contributed by atoms with Gasteiger partial charge in [-0.2, -0.15) is 4.98 Å². The number of rotatable bonds is 7. The SMILES string of the molecule is CCCCc1[nH]c(C)nc(=O)c1Cc1ccc(-c2ccccc2C(=O)OC)cc1. The molecule has 0 amide bonds. The number of hydrogen-bond acceptors (Lipinski definition) is 4. The Labute approximate surface area is 170 Å². The maximum Gasteiger partial charge on any atom is 0.338 e. The fraction of sp³-hybridized carbons (Fsp3) is 0.292. The van der Waals surface area contributed by atoms with Gasteiger partial charge in [-0.05, 0) is 42.5 Å². The summed E-state index contributed by atoms with van der Waals surface area (Å²) in [4.78, 5) is 31.9. The average Bonchev–Trinajstić information content (AvgIpc) is 2.74. The van der Waals surface area contributed by atoms with E-state index in [0.29, 0.717) is 17.8 Å². The molecule has 3 aromatic rings. The molecule has 0 fully saturated rings. The number of benzene rings is 2. The Morgan fingerprint density at radius 1 is 1.10 bits per heavy atom. The summed E-state index contributed by atoms with van der Waals surface area (Å²) >= 11 is 0. The van der Waals surface area contributed by atoms with E-state index in [1.54, 1.807) is 6.07 Å². The molecular formula is C24H26N2O3. The second kappa shape index (κ2) is 9.32. The summed E-state index contributed by atoms with van der Waals surface area (Å²) in [6.45, 7) is 3.95. The van der Waals surface area contributed by atoms with Crippen LogP contribution in [0.4, 0.5) is 0 Å². The Morgan fingerprint density at radius 2 is 1.83 bits per heavy atom. The molecule has 0 saturated carbocycles. The molecule has 3 rings (SSSR count). The molecule has 2 aromatic carbocycles. The number of methoxy groups -OCH3 is 1. The molecule has 0 unspecified atom stereocenters. The molecule has 29 heavy (non-hydrogen) atoms. The van der Waals surface area contributed by atoms with Crippen molar-refractivity contribution in [2.45, 2.75) is 39.5 Å². The first kappa shape index (κ1) is 20.5. The largest absolute Gasteiger partial charge is 0.465 e. The fourth-order valence-electron chi connectivity index (χ4n) is 3.45. The Bertz CT molecular complexity index is 1050. The molecule has 0 atom stereocenters. The molecule has 1 heterocycles. The van der Waals surface area contributed by atoms with Crippen molar-refractivity contribution in [2.24, 2.45) is 0 Å². The third kappa shape index (κ3) is 4.80. The zero-order valence-corrected chi connectivity index (χ0v) is 17.1. The lowest BCUT2D eigenvalue weighted by Crippen LogP contribution is -2.19. The van der Waals surface area contributed by atoms with Gasteiger partial charge < -0.3 is 9.72 Å². The molecule has 0 radical (unpaired) electrons. The predicted octanol–water partition coefficient (Wildman–Crippen LogP) is 4.47. The third-order valence-electron chi connectivity index (χ3n) is 4.98. The molecule has 0 aliphatic heterocycles. The number of unbranched alkanes of at least 4 members (excludes halogenated alkanes) is 1. The zero-order chi connectivity index (χ0) is 20.8. The van der Waals surface area contributed by atoms with Crippen molar-refractivity contribution in [1.29, 1.82) is 0 Å².